The van der Waals surface area contributed by atoms with Gasteiger partial charge >= 0.3 is 6.09 Å². The molecule has 3 aromatic carbocycles. The van der Waals surface area contributed by atoms with Crippen LogP contribution in [0, 0.1) is 5.41 Å². The molecule has 3 aromatic rings. The third-order valence-electron chi connectivity index (χ3n) is 10.1. The number of hydrogen-bond donors (Lipinski definition) is 5. The van der Waals surface area contributed by atoms with E-state index in [1.54, 1.807) is 53.0 Å². The fourth-order valence-electron chi connectivity index (χ4n) is 6.38. The van der Waals surface area contributed by atoms with Crippen LogP contribution in [0.25, 0.3) is 0 Å². The van der Waals surface area contributed by atoms with E-state index in [1.165, 1.54) is 16.8 Å². The van der Waals surface area contributed by atoms with Gasteiger partial charge in [0.25, 0.3) is 5.91 Å². The van der Waals surface area contributed by atoms with E-state index in [-0.39, 0.29) is 37.4 Å². The Morgan fingerprint density at radius 2 is 1.35 bits per heavy atom. The monoisotopic (exact) mass is 871 g/mol. The van der Waals surface area contributed by atoms with E-state index in [9.17, 15) is 28.8 Å². The van der Waals surface area contributed by atoms with Crippen molar-refractivity contribution < 1.29 is 33.5 Å². The average molecular weight is 872 g/mol. The highest BCUT2D eigenvalue weighted by molar-refractivity contribution is 7.98. The van der Waals surface area contributed by atoms with Crippen molar-refractivity contribution in [2.75, 3.05) is 27.2 Å². The van der Waals surface area contributed by atoms with Gasteiger partial charge in [-0.3, -0.25) is 33.6 Å². The molecule has 0 heterocycles. The van der Waals surface area contributed by atoms with E-state index in [0.29, 0.717) is 12.0 Å². The van der Waals surface area contributed by atoms with Crippen LogP contribution < -0.4 is 26.4 Å². The van der Waals surface area contributed by atoms with Gasteiger partial charge in [0, 0.05) is 43.1 Å². The Morgan fingerprint density at radius 1 is 0.774 bits per heavy atom. The first kappa shape index (κ1) is 50.7. The van der Waals surface area contributed by atoms with Gasteiger partial charge in [-0.1, -0.05) is 113 Å². The van der Waals surface area contributed by atoms with Gasteiger partial charge in [0.15, 0.2) is 0 Å². The molecule has 0 aliphatic carbocycles. The third-order valence-corrected chi connectivity index (χ3v) is 10.9. The Kier molecular flexibility index (Phi) is 18.3. The van der Waals surface area contributed by atoms with E-state index in [1.807, 2.05) is 107 Å². The number of carbonyl (C=O) groups is 6. The number of nitrogens with two attached hydrogens (primary N) is 1. The summed E-state index contributed by atoms with van der Waals surface area (Å²) in [5, 5.41) is 8.32. The molecular formula is C47H65N7O7S. The summed E-state index contributed by atoms with van der Waals surface area (Å²) < 4.78 is 8.46. The summed E-state index contributed by atoms with van der Waals surface area (Å²) in [7, 11) is 3.12. The fraction of sp³-hybridized carbons (Fsp3) is 0.447. The first-order chi connectivity index (χ1) is 28.9. The summed E-state index contributed by atoms with van der Waals surface area (Å²) in [6, 6.07) is 23.2. The smallest absolute Gasteiger partial charge is 0.410 e. The molecule has 336 valence electrons. The molecule has 0 aliphatic rings. The van der Waals surface area contributed by atoms with E-state index in [0.717, 1.165) is 33.5 Å². The predicted octanol–water partition coefficient (Wildman–Crippen LogP) is 5.26. The minimum Gasteiger partial charge on any atom is -0.444 e. The van der Waals surface area contributed by atoms with Gasteiger partial charge in [-0.05, 0) is 80.3 Å². The van der Waals surface area contributed by atoms with Crippen LogP contribution >= 0.6 is 11.9 Å². The molecule has 0 saturated heterocycles. The van der Waals surface area contributed by atoms with Gasteiger partial charge in [0.2, 0.25) is 23.6 Å². The van der Waals surface area contributed by atoms with Crippen LogP contribution in [0.1, 0.15) is 79.0 Å². The van der Waals surface area contributed by atoms with Crippen molar-refractivity contribution in [3.63, 3.8) is 0 Å². The Balaban J connectivity index is 1.56. The SMILES string of the molecule is C/C(=C\CN(C)C(=O)C(NC(=O)C(N(C)C(=O)OC(C)(C)C)C(C)(C)c1ccccc1)C(C)(C)C)C(=O)NSc1ccc(CNC(=O)CNC(=O)C(N)Cc2ccccc2)cc1. The number of hydrogen-bond acceptors (Lipinski definition) is 9. The van der Waals surface area contributed by atoms with Gasteiger partial charge in [-0.25, -0.2) is 4.79 Å². The van der Waals surface area contributed by atoms with Crippen LogP contribution in [0.2, 0.25) is 0 Å². The van der Waals surface area contributed by atoms with Crippen molar-refractivity contribution in [2.24, 2.45) is 11.1 Å². The zero-order chi connectivity index (χ0) is 46.4. The summed E-state index contributed by atoms with van der Waals surface area (Å²) in [5.74, 6) is -2.01. The summed E-state index contributed by atoms with van der Waals surface area (Å²) >= 11 is 1.12. The Labute approximate surface area is 371 Å². The molecule has 0 aliphatic heterocycles. The number of rotatable bonds is 18. The number of benzene rings is 3. The topological polar surface area (TPSA) is 192 Å². The number of nitrogens with one attached hydrogen (secondary N) is 4. The maximum atomic E-state index is 14.4. The van der Waals surface area contributed by atoms with Crippen LogP contribution in [0.4, 0.5) is 4.79 Å². The molecule has 0 aromatic heterocycles. The molecule has 0 spiro atoms. The lowest BCUT2D eigenvalue weighted by Gasteiger charge is -2.42. The molecule has 14 nitrogen and oxygen atoms in total. The van der Waals surface area contributed by atoms with Crippen molar-refractivity contribution in [3.8, 4) is 0 Å². The van der Waals surface area contributed by atoms with Crippen molar-refractivity contribution >= 4 is 47.6 Å². The molecule has 6 amide bonds. The minimum absolute atomic E-state index is 0.0898. The maximum absolute atomic E-state index is 14.4. The number of carbonyl (C=O) groups excluding carboxylic acids is 6. The zero-order valence-electron chi connectivity index (χ0n) is 38.0. The minimum atomic E-state index is -1.05. The van der Waals surface area contributed by atoms with Crippen LogP contribution in [-0.2, 0) is 47.1 Å². The average Bonchev–Trinajstić information content (AvgIpc) is 3.21. The van der Waals surface area contributed by atoms with Gasteiger partial charge in [0.1, 0.15) is 17.7 Å². The maximum Gasteiger partial charge on any atom is 0.410 e. The third kappa shape index (κ3) is 15.7. The molecule has 0 bridgehead atoms. The van der Waals surface area contributed by atoms with Crippen LogP contribution in [-0.4, -0.2) is 96.3 Å². The molecule has 0 saturated carbocycles. The van der Waals surface area contributed by atoms with E-state index < -0.39 is 52.5 Å². The van der Waals surface area contributed by atoms with Crippen molar-refractivity contribution in [1.82, 2.24) is 30.5 Å². The molecule has 0 fully saturated rings. The number of amides is 6. The molecule has 3 rings (SSSR count). The quantitative estimate of drug-likeness (QED) is 0.0838. The Hall–Kier alpha value is -5.67. The molecule has 62 heavy (non-hydrogen) atoms. The second kappa shape index (κ2) is 22.4. The molecule has 3 atom stereocenters. The highest BCUT2D eigenvalue weighted by atomic mass is 32.2. The van der Waals surface area contributed by atoms with E-state index in [2.05, 4.69) is 20.7 Å². The van der Waals surface area contributed by atoms with Crippen LogP contribution in [0.5, 0.6) is 0 Å². The molecular weight excluding hydrogens is 807 g/mol. The van der Waals surface area contributed by atoms with Crippen LogP contribution in [0.15, 0.2) is 101 Å². The lowest BCUT2D eigenvalue weighted by molar-refractivity contribution is -0.140. The van der Waals surface area contributed by atoms with Gasteiger partial charge < -0.3 is 31.3 Å². The summed E-state index contributed by atoms with van der Waals surface area (Å²) in [6.07, 6.45) is 1.33. The van der Waals surface area contributed by atoms with Gasteiger partial charge in [-0.15, -0.1) is 0 Å². The summed E-state index contributed by atoms with van der Waals surface area (Å²) in [6.45, 7) is 16.3. The summed E-state index contributed by atoms with van der Waals surface area (Å²) in [4.78, 5) is 83.0. The fourth-order valence-corrected chi connectivity index (χ4v) is 7.03. The number of likely N-dealkylation sites (N-methyl/N-ethyl adjacent to an activating group) is 2. The Bertz CT molecular complexity index is 2030. The summed E-state index contributed by atoms with van der Waals surface area (Å²) in [5.41, 5.74) is 6.53. The second-order valence-corrected chi connectivity index (χ2v) is 18.8. The standard InChI is InChI=1S/C47H65N7O7S/c1-31(40(56)52-62-35-24-22-33(23-25-35)29-49-37(55)30-50-41(57)36(48)28-32-18-14-12-15-19-32)26-27-53(10)43(59)38(45(2,3)4)51-42(58)39(54(11)44(60)61-46(5,6)7)47(8,9)34-20-16-13-17-21-34/h12-26,36,38-39H,27-30,48H2,1-11H3,(H,49,55)(H,50,57)(H,51,58)(H,52,56)/b31-26+. The van der Waals surface area contributed by atoms with Crippen molar-refractivity contribution in [2.45, 2.75) is 109 Å². The number of nitrogens with zero attached hydrogens (tertiary/aromatic N) is 2. The van der Waals surface area contributed by atoms with Gasteiger partial charge in [-0.2, -0.15) is 0 Å². The van der Waals surface area contributed by atoms with Crippen LogP contribution in [0.3, 0.4) is 0 Å². The highest BCUT2D eigenvalue weighted by Crippen LogP contribution is 2.32. The lowest BCUT2D eigenvalue weighted by atomic mass is 9.76. The Morgan fingerprint density at radius 3 is 1.92 bits per heavy atom. The number of ether oxygens (including phenoxy) is 1. The second-order valence-electron chi connectivity index (χ2n) is 18.0. The largest absolute Gasteiger partial charge is 0.444 e. The predicted molar refractivity (Wildman–Crippen MR) is 243 cm³/mol. The van der Waals surface area contributed by atoms with E-state index >= 15 is 0 Å². The normalized spacial score (nSPS) is 13.5. The molecule has 0 radical (unpaired) electrons. The first-order valence-corrected chi connectivity index (χ1v) is 21.4. The lowest BCUT2D eigenvalue weighted by Crippen LogP contribution is -2.62. The van der Waals surface area contributed by atoms with Gasteiger partial charge in [0.05, 0.1) is 12.6 Å². The van der Waals surface area contributed by atoms with Crippen molar-refractivity contribution in [3.05, 3.63) is 113 Å². The molecule has 15 heteroatoms. The molecule has 6 N–H and O–H groups in total. The zero-order valence-corrected chi connectivity index (χ0v) is 38.8. The van der Waals surface area contributed by atoms with Crippen molar-refractivity contribution in [1.29, 1.82) is 0 Å². The first-order valence-electron chi connectivity index (χ1n) is 20.5. The van der Waals surface area contributed by atoms with E-state index in [4.69, 9.17) is 10.5 Å². The molecule has 3 unspecified atom stereocenters. The highest BCUT2D eigenvalue weighted by Gasteiger charge is 2.45.